The van der Waals surface area contributed by atoms with Crippen LogP contribution in [0.3, 0.4) is 0 Å². The van der Waals surface area contributed by atoms with Crippen LogP contribution in [-0.4, -0.2) is 51.1 Å². The molecule has 372 valence electrons. The number of rotatable bonds is 14. The number of ether oxygens (including phenoxy) is 2. The van der Waals surface area contributed by atoms with Crippen molar-refractivity contribution in [3.63, 3.8) is 0 Å². The van der Waals surface area contributed by atoms with Crippen molar-refractivity contribution >= 4 is 45.7 Å². The van der Waals surface area contributed by atoms with Crippen LogP contribution in [0.1, 0.15) is 54.9 Å². The highest BCUT2D eigenvalue weighted by molar-refractivity contribution is 7.92. The normalized spacial score (nSPS) is 12.3. The van der Waals surface area contributed by atoms with Gasteiger partial charge in [-0.05, 0) is 118 Å². The largest absolute Gasteiger partial charge is 0.456 e. The van der Waals surface area contributed by atoms with E-state index in [0.29, 0.717) is 6.92 Å². The molecule has 25 heteroatoms. The number of halogens is 8. The maximum atomic E-state index is 15.4. The van der Waals surface area contributed by atoms with E-state index >= 15 is 17.6 Å². The lowest BCUT2D eigenvalue weighted by molar-refractivity contribution is 0.103. The van der Waals surface area contributed by atoms with Crippen molar-refractivity contribution in [3.05, 3.63) is 157 Å². The zero-order chi connectivity index (χ0) is 52.5. The van der Waals surface area contributed by atoms with Crippen LogP contribution in [0.2, 0.25) is 0 Å². The molecule has 0 amide bonds. The van der Waals surface area contributed by atoms with Crippen LogP contribution in [0.15, 0.2) is 85.1 Å². The molecule has 0 radical (unpaired) electrons. The summed E-state index contributed by atoms with van der Waals surface area (Å²) in [6.45, 7) is 7.10. The monoisotopic (exact) mass is 1060 g/mol. The van der Waals surface area contributed by atoms with Crippen LogP contribution in [0, 0.1) is 88.1 Å². The summed E-state index contributed by atoms with van der Waals surface area (Å²) in [7, 11) is -19.1. The summed E-state index contributed by atoms with van der Waals surface area (Å²) in [6, 6.07) is 11.5. The molecule has 13 nitrogen and oxygen atoms in total. The Morgan fingerprint density at radius 3 is 1.36 bits per heavy atom. The van der Waals surface area contributed by atoms with E-state index in [-0.39, 0.29) is 65.8 Å². The molecular weight excluding hydrogens is 1030 g/mol. The van der Waals surface area contributed by atoms with E-state index < -0.39 is 130 Å². The Labute approximate surface area is 395 Å². The van der Waals surface area contributed by atoms with Gasteiger partial charge >= 0.3 is 0 Å². The van der Waals surface area contributed by atoms with Gasteiger partial charge in [-0.1, -0.05) is 12.1 Å². The van der Waals surface area contributed by atoms with Gasteiger partial charge in [-0.15, -0.1) is 0 Å². The van der Waals surface area contributed by atoms with Gasteiger partial charge in [-0.3, -0.25) is 13.5 Å². The average Bonchev–Trinajstić information content (AvgIpc) is 3.27. The molecule has 6 aromatic carbocycles. The van der Waals surface area contributed by atoms with Crippen molar-refractivity contribution in [2.75, 3.05) is 7.11 Å². The van der Waals surface area contributed by atoms with E-state index in [1.807, 2.05) is 0 Å². The molecule has 0 aliphatic carbocycles. The van der Waals surface area contributed by atoms with Crippen LogP contribution < -0.4 is 9.47 Å². The number of benzene rings is 6. The molecule has 0 spiro atoms. The molecule has 6 aromatic rings. The van der Waals surface area contributed by atoms with Gasteiger partial charge in [0.25, 0.3) is 20.2 Å². The van der Waals surface area contributed by atoms with Gasteiger partial charge in [-0.2, -0.15) is 25.6 Å². The summed E-state index contributed by atoms with van der Waals surface area (Å²) in [6.07, 6.45) is 0. The second kappa shape index (κ2) is 18.8. The van der Waals surface area contributed by atoms with Gasteiger partial charge in [0.2, 0.25) is 37.1 Å². The highest BCUT2D eigenvalue weighted by Crippen LogP contribution is 2.42. The standard InChI is InChI=1S/C45H34F8O13S4/c1-19-8-9-26(17-31(19)70(62,63)64-7)40(54)25-10-11-30(27(16-25)18-67(55,56)57)65-41-20(2)12-28(13-21(41)3)68(58,59)29-14-22(4)42(23(5)15-29)66-43-34(48)38(52)45(39(53)35(43)49)69(60,61)44-36(50)32(46)24(6)33(47)37(44)51/h8-17H,18H2,1-7H3,(H,55,56,57). The van der Waals surface area contributed by atoms with Gasteiger partial charge in [-0.25, -0.2) is 43.2 Å². The topological polar surface area (TPSA) is 202 Å². The highest BCUT2D eigenvalue weighted by Gasteiger charge is 2.41. The third kappa shape index (κ3) is 9.64. The first-order valence-electron chi connectivity index (χ1n) is 19.6. The number of hydrogen-bond donors (Lipinski definition) is 1. The van der Waals surface area contributed by atoms with E-state index in [4.69, 9.17) is 9.47 Å². The van der Waals surface area contributed by atoms with Crippen molar-refractivity contribution in [2.45, 2.75) is 71.8 Å². The molecule has 0 bridgehead atoms. The molecule has 0 fully saturated rings. The first-order valence-corrected chi connectivity index (χ1v) is 25.6. The fourth-order valence-electron chi connectivity index (χ4n) is 7.17. The zero-order valence-electron chi connectivity index (χ0n) is 37.0. The average molecular weight is 1060 g/mol. The van der Waals surface area contributed by atoms with E-state index in [0.717, 1.165) is 57.4 Å². The molecule has 0 aliphatic heterocycles. The van der Waals surface area contributed by atoms with Gasteiger partial charge in [0.15, 0.2) is 40.7 Å². The van der Waals surface area contributed by atoms with Crippen molar-refractivity contribution in [1.82, 2.24) is 0 Å². The number of carbonyl (C=O) groups is 1. The van der Waals surface area contributed by atoms with Crippen LogP contribution in [0.25, 0.3) is 0 Å². The minimum atomic E-state index is -6.43. The summed E-state index contributed by atoms with van der Waals surface area (Å²) < 4.78 is 248. The van der Waals surface area contributed by atoms with Gasteiger partial charge < -0.3 is 9.47 Å². The zero-order valence-corrected chi connectivity index (χ0v) is 40.2. The van der Waals surface area contributed by atoms with Crippen LogP contribution in [-0.2, 0) is 49.8 Å². The molecule has 70 heavy (non-hydrogen) atoms. The number of hydrogen-bond acceptors (Lipinski definition) is 12. The lowest BCUT2D eigenvalue weighted by Crippen LogP contribution is -2.17. The van der Waals surface area contributed by atoms with Crippen molar-refractivity contribution in [1.29, 1.82) is 0 Å². The predicted molar refractivity (Wildman–Crippen MR) is 231 cm³/mol. The highest BCUT2D eigenvalue weighted by atomic mass is 32.2. The van der Waals surface area contributed by atoms with Crippen molar-refractivity contribution in [2.24, 2.45) is 0 Å². The van der Waals surface area contributed by atoms with E-state index in [1.54, 1.807) is 0 Å². The Hall–Kier alpha value is -6.25. The maximum absolute atomic E-state index is 15.4. The quantitative estimate of drug-likeness (QED) is 0.0355. The summed E-state index contributed by atoms with van der Waals surface area (Å²) in [5, 5.41) is 0. The Kier molecular flexibility index (Phi) is 14.3. The fraction of sp³-hybridized carbons (Fsp3) is 0.178. The molecule has 0 saturated carbocycles. The number of carbonyl (C=O) groups excluding carboxylic acids is 1. The Morgan fingerprint density at radius 2 is 0.914 bits per heavy atom. The van der Waals surface area contributed by atoms with Gasteiger partial charge in [0.05, 0.1) is 21.8 Å². The summed E-state index contributed by atoms with van der Waals surface area (Å²) in [5.74, 6) is -25.2. The molecule has 6 rings (SSSR count). The fourth-order valence-corrected chi connectivity index (χ4v) is 11.8. The van der Waals surface area contributed by atoms with Crippen molar-refractivity contribution in [3.8, 4) is 23.0 Å². The third-order valence-corrected chi connectivity index (χ3v) is 16.3. The molecule has 0 saturated heterocycles. The second-order valence-corrected chi connectivity index (χ2v) is 22.5. The molecule has 0 unspecified atom stereocenters. The minimum absolute atomic E-state index is 0.00512. The van der Waals surface area contributed by atoms with Crippen molar-refractivity contribution < 1.29 is 91.8 Å². The molecule has 0 heterocycles. The van der Waals surface area contributed by atoms with Gasteiger partial charge in [0, 0.05) is 22.3 Å². The molecule has 0 aliphatic rings. The first-order chi connectivity index (χ1) is 32.3. The number of sulfone groups is 2. The number of ketones is 1. The smallest absolute Gasteiger partial charge is 0.296 e. The second-order valence-electron chi connectivity index (χ2n) is 15.6. The molecule has 1 N–H and O–H groups in total. The Balaban J connectivity index is 1.32. The Morgan fingerprint density at radius 1 is 0.500 bits per heavy atom. The van der Waals surface area contributed by atoms with Crippen LogP contribution >= 0.6 is 0 Å². The maximum Gasteiger partial charge on any atom is 0.296 e. The van der Waals surface area contributed by atoms with E-state index in [1.165, 1.54) is 45.0 Å². The van der Waals surface area contributed by atoms with Gasteiger partial charge in [0.1, 0.15) is 32.8 Å². The van der Waals surface area contributed by atoms with E-state index in [2.05, 4.69) is 4.18 Å². The Bertz CT molecular complexity index is 3610. The lowest BCUT2D eigenvalue weighted by atomic mass is 10.00. The molecular formula is C45H34F8O13S4. The van der Waals surface area contributed by atoms with E-state index in [9.17, 15) is 60.6 Å². The molecule has 0 aromatic heterocycles. The predicted octanol–water partition coefficient (Wildman–Crippen LogP) is 9.85. The molecule has 0 atom stereocenters. The SMILES string of the molecule is COS(=O)(=O)c1cc(C(=O)c2ccc(Oc3c(C)cc(S(=O)(=O)c4cc(C)c(Oc5c(F)c(F)c(S(=O)(=O)c6c(F)c(F)c(C)c(F)c6F)c(F)c5F)c(C)c4)cc3C)c(CS(=O)(=O)O)c2)ccc1C. The van der Waals surface area contributed by atoms with Crippen LogP contribution in [0.5, 0.6) is 23.0 Å². The summed E-state index contributed by atoms with van der Waals surface area (Å²) >= 11 is 0. The lowest BCUT2D eigenvalue weighted by Gasteiger charge is -2.18. The number of aryl methyl sites for hydroxylation is 5. The third-order valence-electron chi connectivity index (χ3n) is 10.7. The first kappa shape index (κ1) is 53.1. The van der Waals surface area contributed by atoms with Crippen LogP contribution in [0.4, 0.5) is 35.1 Å². The summed E-state index contributed by atoms with van der Waals surface area (Å²) in [5.41, 5.74) is -1.78. The summed E-state index contributed by atoms with van der Waals surface area (Å²) in [4.78, 5) is 7.15. The minimum Gasteiger partial charge on any atom is -0.456 e.